The molecule has 0 fully saturated rings. The highest BCUT2D eigenvalue weighted by Gasteiger charge is 2.45. The van der Waals surface area contributed by atoms with E-state index in [1.807, 2.05) is 0 Å². The molecule has 10 nitrogen and oxygen atoms in total. The summed E-state index contributed by atoms with van der Waals surface area (Å²) in [5.41, 5.74) is 6.94. The van der Waals surface area contributed by atoms with Crippen molar-refractivity contribution in [1.29, 1.82) is 0 Å². The monoisotopic (exact) mass is 607 g/mol. The van der Waals surface area contributed by atoms with Gasteiger partial charge in [0.1, 0.15) is 17.5 Å². The fourth-order valence-corrected chi connectivity index (χ4v) is 5.04. The standard InChI is InChI=1S/C28H32F3N5O5S/c1-16(7-8-19(37)11-18-12-33-15-36-18)22(32)13-35-24(26(39)41-27(40)28(29,30)31)21(14-42-2)25(38)23-20-6-4-3-5-17(20)9-10-34-23/h3-6,9-10,12,15-16,21-22,24,35H,7-8,11,13-14,32H2,1-2H3,(H,33,36)/t16?,21-,22?,24-/m0/s1. The first kappa shape index (κ1) is 32.9. The van der Waals surface area contributed by atoms with Crippen molar-refractivity contribution in [3.63, 3.8) is 0 Å². The van der Waals surface area contributed by atoms with Crippen LogP contribution in [0.1, 0.15) is 35.9 Å². The third kappa shape index (κ3) is 8.94. The molecule has 14 heteroatoms. The number of thioether (sulfide) groups is 1. The lowest BCUT2D eigenvalue weighted by atomic mass is 9.91. The predicted molar refractivity (Wildman–Crippen MR) is 151 cm³/mol. The zero-order valence-corrected chi connectivity index (χ0v) is 23.8. The Kier molecular flexibility index (Phi) is 11.8. The fourth-order valence-electron chi connectivity index (χ4n) is 4.34. The number of halogens is 3. The molecule has 0 aliphatic heterocycles. The van der Waals surface area contributed by atoms with Gasteiger partial charge in [-0.1, -0.05) is 31.2 Å². The molecule has 2 heterocycles. The van der Waals surface area contributed by atoms with Crippen molar-refractivity contribution in [3.05, 3.63) is 60.4 Å². The van der Waals surface area contributed by atoms with Crippen LogP contribution in [-0.4, -0.2) is 75.3 Å². The molecule has 42 heavy (non-hydrogen) atoms. The Hall–Kier alpha value is -3.62. The second-order valence-electron chi connectivity index (χ2n) is 9.85. The molecule has 2 aromatic heterocycles. The van der Waals surface area contributed by atoms with Crippen LogP contribution in [-0.2, 0) is 25.5 Å². The number of alkyl halides is 3. The van der Waals surface area contributed by atoms with Crippen LogP contribution >= 0.6 is 11.8 Å². The smallest absolute Gasteiger partial charge is 0.385 e. The van der Waals surface area contributed by atoms with Gasteiger partial charge in [0.2, 0.25) is 0 Å². The number of aromatic amines is 1. The molecule has 0 bridgehead atoms. The van der Waals surface area contributed by atoms with Crippen molar-refractivity contribution < 1.29 is 37.1 Å². The number of nitrogens with zero attached hydrogens (tertiary/aromatic N) is 2. The molecule has 0 aliphatic rings. The normalized spacial score (nSPS) is 14.6. The van der Waals surface area contributed by atoms with E-state index >= 15 is 0 Å². The first-order chi connectivity index (χ1) is 19.9. The number of hydrogen-bond acceptors (Lipinski definition) is 10. The Morgan fingerprint density at radius 2 is 1.88 bits per heavy atom. The maximum atomic E-state index is 13.8. The minimum Gasteiger partial charge on any atom is -0.385 e. The molecule has 0 saturated heterocycles. The Morgan fingerprint density at radius 3 is 2.55 bits per heavy atom. The van der Waals surface area contributed by atoms with Gasteiger partial charge in [-0.2, -0.15) is 24.9 Å². The first-order valence-corrected chi connectivity index (χ1v) is 14.5. The summed E-state index contributed by atoms with van der Waals surface area (Å²) < 4.78 is 42.9. The molecule has 3 aromatic rings. The number of nitrogens with one attached hydrogen (secondary N) is 2. The van der Waals surface area contributed by atoms with Gasteiger partial charge in [0.15, 0.2) is 5.78 Å². The SMILES string of the molecule is CSC[C@H](C(=O)c1nccc2ccccc12)[C@H](NCC(N)C(C)CCC(=O)Cc1c[nH]cn1)C(=O)OC(=O)C(F)(F)F. The number of H-pyrrole nitrogens is 1. The molecule has 0 spiro atoms. The van der Waals surface area contributed by atoms with E-state index in [9.17, 15) is 32.3 Å². The Bertz CT molecular complexity index is 1380. The van der Waals surface area contributed by atoms with Crippen molar-refractivity contribution in [2.45, 2.75) is 44.4 Å². The number of esters is 2. The molecule has 0 aliphatic carbocycles. The summed E-state index contributed by atoms with van der Waals surface area (Å²) in [5.74, 6) is -6.39. The van der Waals surface area contributed by atoms with Gasteiger partial charge < -0.3 is 20.8 Å². The van der Waals surface area contributed by atoms with Crippen LogP contribution < -0.4 is 11.1 Å². The number of aromatic nitrogens is 3. The average molecular weight is 608 g/mol. The predicted octanol–water partition coefficient (Wildman–Crippen LogP) is 3.27. The van der Waals surface area contributed by atoms with Gasteiger partial charge in [-0.15, -0.1) is 0 Å². The summed E-state index contributed by atoms with van der Waals surface area (Å²) in [4.78, 5) is 61.6. The van der Waals surface area contributed by atoms with Crippen LogP contribution in [0.4, 0.5) is 13.2 Å². The van der Waals surface area contributed by atoms with Crippen molar-refractivity contribution in [3.8, 4) is 0 Å². The summed E-state index contributed by atoms with van der Waals surface area (Å²) >= 11 is 1.18. The van der Waals surface area contributed by atoms with Crippen molar-refractivity contribution >= 4 is 46.0 Å². The molecule has 2 unspecified atom stereocenters. The fraction of sp³-hybridized carbons (Fsp3) is 0.429. The van der Waals surface area contributed by atoms with Crippen LogP contribution in [0.5, 0.6) is 0 Å². The number of hydrogen-bond donors (Lipinski definition) is 3. The lowest BCUT2D eigenvalue weighted by molar-refractivity contribution is -0.202. The minimum atomic E-state index is -5.41. The highest BCUT2D eigenvalue weighted by molar-refractivity contribution is 7.98. The zero-order chi connectivity index (χ0) is 30.9. The van der Waals surface area contributed by atoms with E-state index in [0.717, 1.165) is 0 Å². The number of nitrogens with two attached hydrogens (primary N) is 1. The molecular formula is C28H32F3N5O5S. The second-order valence-corrected chi connectivity index (χ2v) is 10.8. The molecule has 4 atom stereocenters. The van der Waals surface area contributed by atoms with Crippen LogP contribution in [0.15, 0.2) is 49.1 Å². The van der Waals surface area contributed by atoms with Crippen LogP contribution in [0, 0.1) is 11.8 Å². The van der Waals surface area contributed by atoms with Crippen molar-refractivity contribution in [2.24, 2.45) is 17.6 Å². The summed E-state index contributed by atoms with van der Waals surface area (Å²) in [6.45, 7) is 1.68. The Balaban J connectivity index is 1.78. The molecule has 3 rings (SSSR count). The maximum absolute atomic E-state index is 13.8. The molecule has 4 N–H and O–H groups in total. The van der Waals surface area contributed by atoms with E-state index in [2.05, 4.69) is 25.0 Å². The van der Waals surface area contributed by atoms with Gasteiger partial charge in [-0.25, -0.2) is 14.6 Å². The Labute approximate surface area is 244 Å². The van der Waals surface area contributed by atoms with Gasteiger partial charge in [-0.05, 0) is 30.0 Å². The van der Waals surface area contributed by atoms with Crippen molar-refractivity contribution in [2.75, 3.05) is 18.6 Å². The number of rotatable bonds is 15. The minimum absolute atomic E-state index is 0.00317. The zero-order valence-electron chi connectivity index (χ0n) is 23.0. The largest absolute Gasteiger partial charge is 0.491 e. The van der Waals surface area contributed by atoms with Gasteiger partial charge >= 0.3 is 18.1 Å². The number of fused-ring (bicyclic) bond motifs is 1. The maximum Gasteiger partial charge on any atom is 0.491 e. The molecule has 226 valence electrons. The van der Waals surface area contributed by atoms with Crippen LogP contribution in [0.3, 0.4) is 0 Å². The Morgan fingerprint density at radius 1 is 1.14 bits per heavy atom. The molecule has 0 saturated carbocycles. The topological polar surface area (TPSA) is 157 Å². The number of Topliss-reactive ketones (excluding diaryl/α,β-unsaturated/α-hetero) is 2. The summed E-state index contributed by atoms with van der Waals surface area (Å²) in [6, 6.07) is 6.31. The van der Waals surface area contributed by atoms with E-state index in [0.29, 0.717) is 22.9 Å². The first-order valence-electron chi connectivity index (χ1n) is 13.1. The van der Waals surface area contributed by atoms with E-state index in [1.165, 1.54) is 24.3 Å². The van der Waals surface area contributed by atoms with E-state index in [-0.39, 0.29) is 42.5 Å². The number of imidazole rings is 1. The summed E-state index contributed by atoms with van der Waals surface area (Å²) in [6.07, 6.45) is 1.55. The highest BCUT2D eigenvalue weighted by Crippen LogP contribution is 2.25. The number of carbonyl (C=O) groups is 4. The second kappa shape index (κ2) is 15.0. The van der Waals surface area contributed by atoms with Crippen LogP contribution in [0.2, 0.25) is 0 Å². The number of carbonyl (C=O) groups excluding carboxylic acids is 4. The van der Waals surface area contributed by atoms with Gasteiger partial charge in [0.05, 0.1) is 24.4 Å². The average Bonchev–Trinajstić information content (AvgIpc) is 3.47. The summed E-state index contributed by atoms with van der Waals surface area (Å²) in [5, 5.41) is 3.99. The van der Waals surface area contributed by atoms with E-state index in [1.54, 1.807) is 49.7 Å². The third-order valence-electron chi connectivity index (χ3n) is 6.79. The van der Waals surface area contributed by atoms with Crippen molar-refractivity contribution in [1.82, 2.24) is 20.3 Å². The highest BCUT2D eigenvalue weighted by atomic mass is 32.2. The summed E-state index contributed by atoms with van der Waals surface area (Å²) in [7, 11) is 0. The molecular weight excluding hydrogens is 575 g/mol. The number of benzene rings is 1. The van der Waals surface area contributed by atoms with E-state index in [4.69, 9.17) is 5.73 Å². The lowest BCUT2D eigenvalue weighted by Crippen LogP contribution is -2.53. The molecule has 0 radical (unpaired) electrons. The molecule has 1 aromatic carbocycles. The third-order valence-corrected chi connectivity index (χ3v) is 7.48. The van der Waals surface area contributed by atoms with E-state index < -0.39 is 41.9 Å². The quantitative estimate of drug-likeness (QED) is 0.133. The number of ether oxygens (including phenoxy) is 1. The molecule has 0 amide bonds. The lowest BCUT2D eigenvalue weighted by Gasteiger charge is -2.28. The van der Waals surface area contributed by atoms with Gasteiger partial charge in [-0.3, -0.25) is 14.6 Å². The van der Waals surface area contributed by atoms with Crippen LogP contribution in [0.25, 0.3) is 10.8 Å². The van der Waals surface area contributed by atoms with Gasteiger partial charge in [0, 0.05) is 42.5 Å². The van der Waals surface area contributed by atoms with Gasteiger partial charge in [0.25, 0.3) is 0 Å². The number of ketones is 2. The number of pyridine rings is 1.